The fraction of sp³-hybridized carbons (Fsp3) is 0.348. The maximum Gasteiger partial charge on any atom is 0.255 e. The van der Waals surface area contributed by atoms with Gasteiger partial charge in [0.2, 0.25) is 11.8 Å². The normalized spacial score (nSPS) is 19.0. The van der Waals surface area contributed by atoms with Gasteiger partial charge >= 0.3 is 0 Å². The fourth-order valence-electron chi connectivity index (χ4n) is 4.08. The van der Waals surface area contributed by atoms with Gasteiger partial charge in [-0.1, -0.05) is 23.7 Å². The molecule has 0 unspecified atom stereocenters. The molecule has 0 saturated carbocycles. The summed E-state index contributed by atoms with van der Waals surface area (Å²) in [5.41, 5.74) is 1.23. The highest BCUT2D eigenvalue weighted by atomic mass is 35.5. The molecule has 2 saturated heterocycles. The van der Waals surface area contributed by atoms with E-state index in [4.69, 9.17) is 16.3 Å². The average molecular weight is 442 g/mol. The first-order valence-electron chi connectivity index (χ1n) is 10.2. The molecule has 0 aliphatic carbocycles. The molecule has 0 radical (unpaired) electrons. The monoisotopic (exact) mass is 441 g/mol. The Morgan fingerprint density at radius 2 is 1.61 bits per heavy atom. The zero-order valence-corrected chi connectivity index (χ0v) is 18.0. The van der Waals surface area contributed by atoms with Gasteiger partial charge in [-0.25, -0.2) is 0 Å². The van der Waals surface area contributed by atoms with Gasteiger partial charge in [0.25, 0.3) is 5.91 Å². The number of halogens is 1. The zero-order valence-electron chi connectivity index (χ0n) is 17.3. The maximum absolute atomic E-state index is 13.0. The van der Waals surface area contributed by atoms with Crippen LogP contribution in [-0.2, 0) is 9.59 Å². The van der Waals surface area contributed by atoms with Crippen LogP contribution in [0.5, 0.6) is 5.75 Å². The van der Waals surface area contributed by atoms with E-state index in [1.165, 1.54) is 0 Å². The molecule has 7 nitrogen and oxygen atoms in total. The van der Waals surface area contributed by atoms with E-state index < -0.39 is 0 Å². The summed E-state index contributed by atoms with van der Waals surface area (Å²) in [7, 11) is 1.59. The molecular formula is C23H24ClN3O4. The van der Waals surface area contributed by atoms with Crippen molar-refractivity contribution in [1.29, 1.82) is 0 Å². The fourth-order valence-corrected chi connectivity index (χ4v) is 4.29. The van der Waals surface area contributed by atoms with Gasteiger partial charge in [0.05, 0.1) is 23.6 Å². The van der Waals surface area contributed by atoms with Crippen LogP contribution in [0.2, 0.25) is 5.02 Å². The minimum Gasteiger partial charge on any atom is -0.497 e. The van der Waals surface area contributed by atoms with Crippen molar-refractivity contribution < 1.29 is 19.1 Å². The molecule has 2 aliphatic heterocycles. The van der Waals surface area contributed by atoms with Crippen molar-refractivity contribution in [3.8, 4) is 5.75 Å². The Morgan fingerprint density at radius 3 is 2.26 bits per heavy atom. The summed E-state index contributed by atoms with van der Waals surface area (Å²) in [4.78, 5) is 43.4. The Labute approximate surface area is 186 Å². The molecule has 0 N–H and O–H groups in total. The van der Waals surface area contributed by atoms with E-state index in [1.54, 1.807) is 58.2 Å². The number of rotatable bonds is 4. The number of ether oxygens (including phenoxy) is 1. The maximum atomic E-state index is 13.0. The first-order chi connectivity index (χ1) is 15.0. The predicted octanol–water partition coefficient (Wildman–Crippen LogP) is 2.69. The van der Waals surface area contributed by atoms with Gasteiger partial charge < -0.3 is 19.4 Å². The number of anilines is 1. The van der Waals surface area contributed by atoms with Gasteiger partial charge in [-0.3, -0.25) is 14.4 Å². The van der Waals surface area contributed by atoms with E-state index >= 15 is 0 Å². The summed E-state index contributed by atoms with van der Waals surface area (Å²) in [5, 5.41) is 0.425. The topological polar surface area (TPSA) is 70.2 Å². The number of methoxy groups -OCH3 is 1. The molecule has 2 aliphatic rings. The molecular weight excluding hydrogens is 418 g/mol. The van der Waals surface area contributed by atoms with Gasteiger partial charge in [0, 0.05) is 44.8 Å². The quantitative estimate of drug-likeness (QED) is 0.731. The summed E-state index contributed by atoms with van der Waals surface area (Å²) in [6, 6.07) is 14.2. The summed E-state index contributed by atoms with van der Waals surface area (Å²) >= 11 is 6.14. The van der Waals surface area contributed by atoms with Crippen molar-refractivity contribution in [3.05, 3.63) is 59.1 Å². The highest BCUT2D eigenvalue weighted by molar-refractivity contribution is 6.33. The minimum absolute atomic E-state index is 0.0331. The highest BCUT2D eigenvalue weighted by Gasteiger charge is 2.38. The molecule has 2 fully saturated rings. The number of hydrogen-bond donors (Lipinski definition) is 0. The van der Waals surface area contributed by atoms with Crippen LogP contribution in [0.4, 0.5) is 5.69 Å². The van der Waals surface area contributed by atoms with Crippen LogP contribution < -0.4 is 9.64 Å². The number of amides is 3. The summed E-state index contributed by atoms with van der Waals surface area (Å²) < 4.78 is 5.16. The Hall–Kier alpha value is -3.06. The Balaban J connectivity index is 1.35. The number of piperazine rings is 1. The lowest BCUT2D eigenvalue weighted by atomic mass is 10.1. The molecule has 4 rings (SSSR count). The standard InChI is InChI=1S/C23H24ClN3O4/c1-31-18-8-6-17(7-9-18)27-15-16(14-21(27)28)22(29)25-10-12-26(13-11-25)23(30)19-4-2-3-5-20(19)24/h2-9,16H,10-15H2,1H3/t16-/m1/s1. The summed E-state index contributed by atoms with van der Waals surface area (Å²) in [6.07, 6.45) is 0.198. The summed E-state index contributed by atoms with van der Waals surface area (Å²) in [6.45, 7) is 2.14. The van der Waals surface area contributed by atoms with Gasteiger partial charge in [0.15, 0.2) is 0 Å². The molecule has 0 spiro atoms. The number of carbonyl (C=O) groups is 3. The van der Waals surface area contributed by atoms with E-state index in [9.17, 15) is 14.4 Å². The Kier molecular flexibility index (Phi) is 6.13. The third-order valence-electron chi connectivity index (χ3n) is 5.84. The van der Waals surface area contributed by atoms with Crippen LogP contribution in [0.3, 0.4) is 0 Å². The molecule has 2 aromatic rings. The van der Waals surface area contributed by atoms with Crippen molar-refractivity contribution in [3.63, 3.8) is 0 Å². The number of benzene rings is 2. The second kappa shape index (κ2) is 8.98. The lowest BCUT2D eigenvalue weighted by Gasteiger charge is -2.36. The van der Waals surface area contributed by atoms with Crippen LogP contribution in [0.1, 0.15) is 16.8 Å². The van der Waals surface area contributed by atoms with E-state index in [-0.39, 0.29) is 30.1 Å². The Morgan fingerprint density at radius 1 is 0.968 bits per heavy atom. The van der Waals surface area contributed by atoms with E-state index in [1.807, 2.05) is 12.1 Å². The summed E-state index contributed by atoms with van der Waals surface area (Å²) in [5.74, 6) is 0.123. The van der Waals surface area contributed by atoms with Crippen molar-refractivity contribution >= 4 is 35.0 Å². The molecule has 31 heavy (non-hydrogen) atoms. The molecule has 2 heterocycles. The highest BCUT2D eigenvalue weighted by Crippen LogP contribution is 2.28. The molecule has 0 bridgehead atoms. The third-order valence-corrected chi connectivity index (χ3v) is 6.17. The van der Waals surface area contributed by atoms with Gasteiger partial charge in [-0.2, -0.15) is 0 Å². The second-order valence-corrected chi connectivity index (χ2v) is 8.11. The van der Waals surface area contributed by atoms with Crippen molar-refractivity contribution in [1.82, 2.24) is 9.80 Å². The van der Waals surface area contributed by atoms with Crippen molar-refractivity contribution in [2.75, 3.05) is 44.7 Å². The van der Waals surface area contributed by atoms with E-state index in [2.05, 4.69) is 0 Å². The van der Waals surface area contributed by atoms with Crippen LogP contribution in [0.15, 0.2) is 48.5 Å². The number of nitrogens with zero attached hydrogens (tertiary/aromatic N) is 3. The lowest BCUT2D eigenvalue weighted by molar-refractivity contribution is -0.137. The van der Waals surface area contributed by atoms with Gasteiger partial charge in [-0.05, 0) is 36.4 Å². The van der Waals surface area contributed by atoms with Gasteiger partial charge in [0.1, 0.15) is 5.75 Å². The molecule has 8 heteroatoms. The van der Waals surface area contributed by atoms with Gasteiger partial charge in [-0.15, -0.1) is 0 Å². The molecule has 2 aromatic carbocycles. The zero-order chi connectivity index (χ0) is 22.0. The lowest BCUT2D eigenvalue weighted by Crippen LogP contribution is -2.52. The molecule has 1 atom stereocenters. The van der Waals surface area contributed by atoms with Crippen LogP contribution in [-0.4, -0.2) is 67.4 Å². The number of hydrogen-bond acceptors (Lipinski definition) is 4. The van der Waals surface area contributed by atoms with Crippen LogP contribution in [0, 0.1) is 5.92 Å². The second-order valence-electron chi connectivity index (χ2n) is 7.70. The third kappa shape index (κ3) is 4.37. The van der Waals surface area contributed by atoms with Crippen molar-refractivity contribution in [2.24, 2.45) is 5.92 Å². The minimum atomic E-state index is -0.375. The molecule has 0 aromatic heterocycles. The SMILES string of the molecule is COc1ccc(N2C[C@H](C(=O)N3CCN(C(=O)c4ccccc4Cl)CC3)CC2=O)cc1. The first kappa shape index (κ1) is 21.2. The molecule has 3 amide bonds. The van der Waals surface area contributed by atoms with Crippen LogP contribution in [0.25, 0.3) is 0 Å². The Bertz CT molecular complexity index is 987. The predicted molar refractivity (Wildman–Crippen MR) is 117 cm³/mol. The van der Waals surface area contributed by atoms with E-state index in [0.717, 1.165) is 5.69 Å². The van der Waals surface area contributed by atoms with Crippen molar-refractivity contribution in [2.45, 2.75) is 6.42 Å². The van der Waals surface area contributed by atoms with E-state index in [0.29, 0.717) is 49.1 Å². The average Bonchev–Trinajstić information content (AvgIpc) is 3.20. The first-order valence-corrected chi connectivity index (χ1v) is 10.6. The smallest absolute Gasteiger partial charge is 0.255 e. The largest absolute Gasteiger partial charge is 0.497 e. The molecule has 162 valence electrons. The van der Waals surface area contributed by atoms with Crippen LogP contribution >= 0.6 is 11.6 Å². The number of carbonyl (C=O) groups excluding carboxylic acids is 3.